The third kappa shape index (κ3) is 4.37. The molecule has 0 saturated carbocycles. The maximum Gasteiger partial charge on any atom is 0.183 e. The lowest BCUT2D eigenvalue weighted by atomic mass is 10.2. The second-order valence-electron chi connectivity index (χ2n) is 4.31. The number of likely N-dealkylation sites (N-methyl/N-ethyl adjacent to an activating group) is 2. The van der Waals surface area contributed by atoms with Crippen molar-refractivity contribution in [3.05, 3.63) is 21.0 Å². The van der Waals surface area contributed by atoms with Crippen molar-refractivity contribution in [2.24, 2.45) is 5.73 Å². The molecule has 0 aliphatic heterocycles. The first-order valence-electron chi connectivity index (χ1n) is 5.45. The van der Waals surface area contributed by atoms with Crippen LogP contribution in [0.4, 0.5) is 0 Å². The third-order valence-corrected chi connectivity index (χ3v) is 4.36. The first-order chi connectivity index (χ1) is 7.95. The second-order valence-corrected chi connectivity index (χ2v) is 5.88. The molecule has 0 spiro atoms. The van der Waals surface area contributed by atoms with Gasteiger partial charge in [-0.2, -0.15) is 0 Å². The third-order valence-electron chi connectivity index (χ3n) is 2.65. The van der Waals surface area contributed by atoms with E-state index in [0.717, 1.165) is 23.3 Å². The van der Waals surface area contributed by atoms with Gasteiger partial charge < -0.3 is 15.1 Å². The number of hydrogen-bond acceptors (Lipinski definition) is 4. The molecule has 1 aromatic heterocycles. The number of rotatable bonds is 6. The molecule has 0 bridgehead atoms. The van der Waals surface area contributed by atoms with Crippen molar-refractivity contribution in [3.8, 4) is 0 Å². The minimum Gasteiger partial charge on any atom is -0.451 e. The summed E-state index contributed by atoms with van der Waals surface area (Å²) in [6.45, 7) is 2.48. The second kappa shape index (κ2) is 6.89. The van der Waals surface area contributed by atoms with Crippen LogP contribution < -0.4 is 5.73 Å². The summed E-state index contributed by atoms with van der Waals surface area (Å²) in [5.41, 5.74) is 5.83. The standard InChI is InChI=1S/C11H19Br2N3O/c1-15(2)4-5-16(3)9(7-14)10-6-8(12)11(13)17-10/h6,9H,4-5,7,14H2,1-3H3. The average Bonchev–Trinajstić information content (AvgIpc) is 2.57. The minimum absolute atomic E-state index is 0.109. The molecule has 4 nitrogen and oxygen atoms in total. The van der Waals surface area contributed by atoms with Gasteiger partial charge >= 0.3 is 0 Å². The number of halogens is 2. The summed E-state index contributed by atoms with van der Waals surface area (Å²) in [6.07, 6.45) is 0. The number of nitrogens with zero attached hydrogens (tertiary/aromatic N) is 2. The van der Waals surface area contributed by atoms with Crippen molar-refractivity contribution < 1.29 is 4.42 Å². The lowest BCUT2D eigenvalue weighted by Gasteiger charge is -2.26. The molecule has 0 amide bonds. The SMILES string of the molecule is CN(C)CCN(C)C(CN)c1cc(Br)c(Br)o1. The van der Waals surface area contributed by atoms with Crippen LogP contribution in [0, 0.1) is 0 Å². The van der Waals surface area contributed by atoms with Crippen LogP contribution in [0.3, 0.4) is 0 Å². The highest BCUT2D eigenvalue weighted by molar-refractivity contribution is 9.13. The highest BCUT2D eigenvalue weighted by atomic mass is 79.9. The molecule has 1 unspecified atom stereocenters. The normalized spacial score (nSPS) is 13.6. The molecule has 0 aliphatic rings. The van der Waals surface area contributed by atoms with Crippen LogP contribution in [0.5, 0.6) is 0 Å². The molecule has 0 fully saturated rings. The van der Waals surface area contributed by atoms with Crippen LogP contribution in [0.15, 0.2) is 19.6 Å². The number of furan rings is 1. The van der Waals surface area contributed by atoms with E-state index >= 15 is 0 Å². The molecule has 0 radical (unpaired) electrons. The van der Waals surface area contributed by atoms with Gasteiger partial charge in [-0.25, -0.2) is 0 Å². The van der Waals surface area contributed by atoms with Crippen LogP contribution in [0.25, 0.3) is 0 Å². The average molecular weight is 369 g/mol. The lowest BCUT2D eigenvalue weighted by Crippen LogP contribution is -2.35. The molecular formula is C11H19Br2N3O. The molecule has 1 rings (SSSR count). The summed E-state index contributed by atoms with van der Waals surface area (Å²) >= 11 is 6.76. The lowest BCUT2D eigenvalue weighted by molar-refractivity contribution is 0.199. The summed E-state index contributed by atoms with van der Waals surface area (Å²) in [4.78, 5) is 4.36. The Balaban J connectivity index is 2.70. The molecule has 2 N–H and O–H groups in total. The van der Waals surface area contributed by atoms with E-state index in [2.05, 4.69) is 62.8 Å². The largest absolute Gasteiger partial charge is 0.451 e. The molecule has 6 heteroatoms. The van der Waals surface area contributed by atoms with Crippen LogP contribution in [0.2, 0.25) is 0 Å². The Labute approximate surface area is 119 Å². The number of nitrogens with two attached hydrogens (primary N) is 1. The fourth-order valence-corrected chi connectivity index (χ4v) is 2.16. The van der Waals surface area contributed by atoms with Crippen molar-refractivity contribution in [1.82, 2.24) is 9.80 Å². The van der Waals surface area contributed by atoms with E-state index in [1.54, 1.807) is 0 Å². The predicted molar refractivity (Wildman–Crippen MR) is 77.1 cm³/mol. The molecule has 0 saturated heterocycles. The molecule has 98 valence electrons. The smallest absolute Gasteiger partial charge is 0.183 e. The first-order valence-corrected chi connectivity index (χ1v) is 7.04. The van der Waals surface area contributed by atoms with Gasteiger partial charge in [0.25, 0.3) is 0 Å². The van der Waals surface area contributed by atoms with Gasteiger partial charge in [-0.05, 0) is 59.1 Å². The van der Waals surface area contributed by atoms with E-state index in [0.29, 0.717) is 11.2 Å². The summed E-state index contributed by atoms with van der Waals surface area (Å²) in [5, 5.41) is 0. The van der Waals surface area contributed by atoms with E-state index in [1.165, 1.54) is 0 Å². The van der Waals surface area contributed by atoms with Crippen LogP contribution >= 0.6 is 31.9 Å². The van der Waals surface area contributed by atoms with E-state index in [9.17, 15) is 0 Å². The van der Waals surface area contributed by atoms with Gasteiger partial charge in [0.15, 0.2) is 4.67 Å². The van der Waals surface area contributed by atoms with Crippen molar-refractivity contribution >= 4 is 31.9 Å². The zero-order valence-electron chi connectivity index (χ0n) is 10.4. The monoisotopic (exact) mass is 367 g/mol. The van der Waals surface area contributed by atoms with Crippen molar-refractivity contribution in [2.45, 2.75) is 6.04 Å². The first kappa shape index (κ1) is 15.2. The molecule has 1 aromatic rings. The van der Waals surface area contributed by atoms with Crippen LogP contribution in [-0.4, -0.2) is 50.6 Å². The molecule has 0 aromatic carbocycles. The van der Waals surface area contributed by atoms with Crippen molar-refractivity contribution in [1.29, 1.82) is 0 Å². The summed E-state index contributed by atoms with van der Waals surface area (Å²) < 4.78 is 7.27. The van der Waals surface area contributed by atoms with Gasteiger partial charge in [0.05, 0.1) is 10.5 Å². The zero-order chi connectivity index (χ0) is 13.0. The Hall–Kier alpha value is 0.120. The quantitative estimate of drug-likeness (QED) is 0.836. The topological polar surface area (TPSA) is 45.6 Å². The van der Waals surface area contributed by atoms with Gasteiger partial charge in [0, 0.05) is 19.6 Å². The van der Waals surface area contributed by atoms with Crippen molar-refractivity contribution in [2.75, 3.05) is 40.8 Å². The maximum absolute atomic E-state index is 5.83. The minimum atomic E-state index is 0.109. The fraction of sp³-hybridized carbons (Fsp3) is 0.636. The molecule has 0 aliphatic carbocycles. The van der Waals surface area contributed by atoms with E-state index < -0.39 is 0 Å². The van der Waals surface area contributed by atoms with Crippen molar-refractivity contribution in [3.63, 3.8) is 0 Å². The Morgan fingerprint density at radius 1 is 1.29 bits per heavy atom. The molecule has 17 heavy (non-hydrogen) atoms. The fourth-order valence-electron chi connectivity index (χ4n) is 1.55. The zero-order valence-corrected chi connectivity index (χ0v) is 13.6. The van der Waals surface area contributed by atoms with Crippen LogP contribution in [0.1, 0.15) is 11.8 Å². The molecule has 1 heterocycles. The van der Waals surface area contributed by atoms with E-state index in [1.807, 2.05) is 6.07 Å². The Morgan fingerprint density at radius 2 is 1.94 bits per heavy atom. The van der Waals surface area contributed by atoms with Crippen LogP contribution in [-0.2, 0) is 0 Å². The molecular weight excluding hydrogens is 350 g/mol. The van der Waals surface area contributed by atoms with Gasteiger partial charge in [-0.3, -0.25) is 4.90 Å². The maximum atomic E-state index is 5.83. The predicted octanol–water partition coefficient (Wildman–Crippen LogP) is 2.30. The summed E-state index contributed by atoms with van der Waals surface area (Å²) in [6, 6.07) is 2.07. The van der Waals surface area contributed by atoms with Gasteiger partial charge in [0.2, 0.25) is 0 Å². The van der Waals surface area contributed by atoms with Gasteiger partial charge in [-0.15, -0.1) is 0 Å². The highest BCUT2D eigenvalue weighted by Crippen LogP contribution is 2.31. The van der Waals surface area contributed by atoms with Gasteiger partial charge in [0.1, 0.15) is 5.76 Å². The summed E-state index contributed by atoms with van der Waals surface area (Å²) in [5.74, 6) is 0.882. The Kier molecular flexibility index (Phi) is 6.16. The van der Waals surface area contributed by atoms with E-state index in [4.69, 9.17) is 10.2 Å². The molecule has 1 atom stereocenters. The van der Waals surface area contributed by atoms with Gasteiger partial charge in [-0.1, -0.05) is 0 Å². The Morgan fingerprint density at radius 3 is 2.35 bits per heavy atom. The number of hydrogen-bond donors (Lipinski definition) is 1. The van der Waals surface area contributed by atoms with E-state index in [-0.39, 0.29) is 6.04 Å². The Bertz CT molecular complexity index is 335. The summed E-state index contributed by atoms with van der Waals surface area (Å²) in [7, 11) is 6.18. The highest BCUT2D eigenvalue weighted by Gasteiger charge is 2.20.